The summed E-state index contributed by atoms with van der Waals surface area (Å²) in [5, 5.41) is 0. The van der Waals surface area contributed by atoms with Crippen molar-refractivity contribution < 1.29 is 8.42 Å². The summed E-state index contributed by atoms with van der Waals surface area (Å²) in [7, 11) is -3.54. The lowest BCUT2D eigenvalue weighted by molar-refractivity contribution is 0.541. The Morgan fingerprint density at radius 2 is 2.12 bits per heavy atom. The number of aryl methyl sites for hydroxylation is 1. The molecular weight excluding hydrogens is 310 g/mol. The van der Waals surface area contributed by atoms with Crippen LogP contribution < -0.4 is 4.72 Å². The topological polar surface area (TPSA) is 46.2 Å². The highest BCUT2D eigenvalue weighted by molar-refractivity contribution is 9.11. The summed E-state index contributed by atoms with van der Waals surface area (Å²) in [5.74, 6) is 2.39. The molecule has 0 aliphatic carbocycles. The third kappa shape index (κ3) is 3.08. The zero-order valence-corrected chi connectivity index (χ0v) is 12.4. The van der Waals surface area contributed by atoms with Crippen LogP contribution in [0.1, 0.15) is 19.4 Å². The molecule has 0 saturated carbocycles. The minimum Gasteiger partial charge on any atom is -0.206 e. The van der Waals surface area contributed by atoms with Crippen LogP contribution in [0.2, 0.25) is 0 Å². The minimum atomic E-state index is -3.54. The first-order valence-corrected chi connectivity index (χ1v) is 7.55. The third-order valence-corrected chi connectivity index (χ3v) is 6.12. The van der Waals surface area contributed by atoms with Gasteiger partial charge in [0.25, 0.3) is 10.0 Å². The second kappa shape index (κ2) is 4.49. The van der Waals surface area contributed by atoms with Crippen LogP contribution in [0.5, 0.6) is 0 Å². The molecule has 0 aliphatic heterocycles. The zero-order chi connectivity index (χ0) is 12.6. The van der Waals surface area contributed by atoms with Crippen molar-refractivity contribution in [2.24, 2.45) is 0 Å². The molecular formula is C10H12BrNO2S2. The van der Waals surface area contributed by atoms with Crippen molar-refractivity contribution in [1.82, 2.24) is 4.72 Å². The van der Waals surface area contributed by atoms with E-state index in [-0.39, 0.29) is 4.21 Å². The van der Waals surface area contributed by atoms with Crippen molar-refractivity contribution in [3.05, 3.63) is 15.4 Å². The van der Waals surface area contributed by atoms with E-state index in [2.05, 4.69) is 26.6 Å². The quantitative estimate of drug-likeness (QED) is 0.869. The molecule has 6 heteroatoms. The summed E-state index contributed by atoms with van der Waals surface area (Å²) in [4.78, 5) is 0. The summed E-state index contributed by atoms with van der Waals surface area (Å²) in [6, 6.07) is 1.61. The maximum absolute atomic E-state index is 12.0. The maximum atomic E-state index is 12.0. The summed E-state index contributed by atoms with van der Waals surface area (Å²) in [6.45, 7) is 5.12. The van der Waals surface area contributed by atoms with Gasteiger partial charge in [0.2, 0.25) is 0 Å². The van der Waals surface area contributed by atoms with Gasteiger partial charge in [-0.1, -0.05) is 5.92 Å². The summed E-state index contributed by atoms with van der Waals surface area (Å²) < 4.78 is 27.5. The summed E-state index contributed by atoms with van der Waals surface area (Å²) in [6.07, 6.45) is 5.24. The molecule has 1 rings (SSSR count). The molecule has 1 heterocycles. The Morgan fingerprint density at radius 3 is 2.50 bits per heavy atom. The first kappa shape index (κ1) is 13.7. The number of hydrogen-bond donors (Lipinski definition) is 1. The lowest BCUT2D eigenvalue weighted by Gasteiger charge is -2.18. The number of thiophene rings is 1. The van der Waals surface area contributed by atoms with E-state index in [1.54, 1.807) is 19.9 Å². The van der Waals surface area contributed by atoms with Crippen molar-refractivity contribution in [3.8, 4) is 12.3 Å². The Hall–Kier alpha value is -0.350. The first-order valence-electron chi connectivity index (χ1n) is 4.45. The predicted octanol–water partition coefficient (Wildman–Crippen LogP) is 2.51. The van der Waals surface area contributed by atoms with Crippen LogP contribution in [0.4, 0.5) is 0 Å². The molecule has 0 bridgehead atoms. The number of sulfonamides is 1. The molecule has 0 spiro atoms. The second-order valence-corrected chi connectivity index (χ2v) is 8.18. The first-order chi connectivity index (χ1) is 7.18. The van der Waals surface area contributed by atoms with Gasteiger partial charge < -0.3 is 0 Å². The van der Waals surface area contributed by atoms with E-state index in [1.807, 2.05) is 6.92 Å². The number of nitrogens with one attached hydrogen (secondary N) is 1. The number of hydrogen-bond acceptors (Lipinski definition) is 3. The highest BCUT2D eigenvalue weighted by Gasteiger charge is 2.26. The van der Waals surface area contributed by atoms with Crippen molar-refractivity contribution in [1.29, 1.82) is 0 Å². The van der Waals surface area contributed by atoms with Gasteiger partial charge in [0.1, 0.15) is 4.21 Å². The average molecular weight is 322 g/mol. The Balaban J connectivity index is 3.10. The van der Waals surface area contributed by atoms with Crippen LogP contribution in [-0.2, 0) is 10.0 Å². The lowest BCUT2D eigenvalue weighted by Crippen LogP contribution is -2.41. The zero-order valence-electron chi connectivity index (χ0n) is 9.17. The van der Waals surface area contributed by atoms with E-state index in [0.717, 1.165) is 9.35 Å². The molecule has 0 unspecified atom stereocenters. The second-order valence-electron chi connectivity index (χ2n) is 3.90. The highest BCUT2D eigenvalue weighted by Crippen LogP contribution is 2.30. The van der Waals surface area contributed by atoms with Gasteiger partial charge in [-0.25, -0.2) is 8.42 Å². The number of halogens is 1. The molecule has 0 radical (unpaired) electrons. The minimum absolute atomic E-state index is 0.264. The Bertz CT molecular complexity index is 518. The van der Waals surface area contributed by atoms with Crippen LogP contribution in [-0.4, -0.2) is 14.0 Å². The van der Waals surface area contributed by atoms with E-state index in [4.69, 9.17) is 6.42 Å². The molecule has 0 atom stereocenters. The smallest absolute Gasteiger partial charge is 0.206 e. The third-order valence-electron chi connectivity index (χ3n) is 1.85. The highest BCUT2D eigenvalue weighted by atomic mass is 79.9. The van der Waals surface area contributed by atoms with Gasteiger partial charge in [-0.2, -0.15) is 4.72 Å². The average Bonchev–Trinajstić information content (AvgIpc) is 2.46. The van der Waals surface area contributed by atoms with E-state index in [9.17, 15) is 8.42 Å². The molecule has 0 amide bonds. The maximum Gasteiger partial charge on any atom is 0.251 e. The summed E-state index contributed by atoms with van der Waals surface area (Å²) in [5.41, 5.74) is 0.00678. The molecule has 0 aliphatic rings. The molecule has 0 aromatic carbocycles. The van der Waals surface area contributed by atoms with Gasteiger partial charge in [0.15, 0.2) is 0 Å². The standard InChI is InChI=1S/C10H12BrNO2S2/c1-5-10(3,4)12-16(13,14)8-6-7(2)9(11)15-8/h1,6,12H,2-4H3. The lowest BCUT2D eigenvalue weighted by atomic mass is 10.1. The fourth-order valence-electron chi connectivity index (χ4n) is 0.980. The molecule has 1 aromatic heterocycles. The Labute approximate surface area is 108 Å². The van der Waals surface area contributed by atoms with E-state index >= 15 is 0 Å². The SMILES string of the molecule is C#CC(C)(C)NS(=O)(=O)c1cc(C)c(Br)s1. The van der Waals surface area contributed by atoms with Crippen LogP contribution in [0.3, 0.4) is 0 Å². The van der Waals surface area contributed by atoms with Gasteiger partial charge >= 0.3 is 0 Å². The van der Waals surface area contributed by atoms with Crippen LogP contribution >= 0.6 is 27.3 Å². The molecule has 16 heavy (non-hydrogen) atoms. The van der Waals surface area contributed by atoms with Gasteiger partial charge in [-0.15, -0.1) is 17.8 Å². The molecule has 1 N–H and O–H groups in total. The van der Waals surface area contributed by atoms with Crippen LogP contribution in [0.25, 0.3) is 0 Å². The monoisotopic (exact) mass is 321 g/mol. The molecule has 0 saturated heterocycles. The molecule has 3 nitrogen and oxygen atoms in total. The Kier molecular flexibility index (Phi) is 3.85. The van der Waals surface area contributed by atoms with E-state index in [0.29, 0.717) is 0 Å². The van der Waals surface area contributed by atoms with Crippen LogP contribution in [0, 0.1) is 19.3 Å². The van der Waals surface area contributed by atoms with Crippen LogP contribution in [0.15, 0.2) is 14.1 Å². The fourth-order valence-corrected chi connectivity index (χ4v) is 4.55. The van der Waals surface area contributed by atoms with Crippen molar-refractivity contribution in [3.63, 3.8) is 0 Å². The van der Waals surface area contributed by atoms with Gasteiger partial charge in [-0.05, 0) is 48.3 Å². The molecule has 0 fully saturated rings. The van der Waals surface area contributed by atoms with E-state index in [1.165, 1.54) is 11.3 Å². The number of rotatable bonds is 3. The molecule has 1 aromatic rings. The summed E-state index contributed by atoms with van der Waals surface area (Å²) >= 11 is 4.46. The normalized spacial score (nSPS) is 12.4. The van der Waals surface area contributed by atoms with Gasteiger partial charge in [-0.3, -0.25) is 0 Å². The Morgan fingerprint density at radius 1 is 1.56 bits per heavy atom. The van der Waals surface area contributed by atoms with E-state index < -0.39 is 15.6 Å². The van der Waals surface area contributed by atoms with Crippen molar-refractivity contribution in [2.45, 2.75) is 30.5 Å². The molecule has 88 valence electrons. The van der Waals surface area contributed by atoms with Crippen molar-refractivity contribution in [2.75, 3.05) is 0 Å². The fraction of sp³-hybridized carbons (Fsp3) is 0.400. The van der Waals surface area contributed by atoms with Gasteiger partial charge in [0, 0.05) is 0 Å². The largest absolute Gasteiger partial charge is 0.251 e. The number of terminal acetylenes is 1. The predicted molar refractivity (Wildman–Crippen MR) is 70.0 cm³/mol. The van der Waals surface area contributed by atoms with Crippen molar-refractivity contribution >= 4 is 37.3 Å². The van der Waals surface area contributed by atoms with Gasteiger partial charge in [0.05, 0.1) is 9.33 Å².